The molecule has 2 aliphatic heterocycles. The smallest absolute Gasteiger partial charge is 0.290 e. The number of fused-ring (bicyclic) bond motifs is 1. The number of hydrogen-bond acceptors (Lipinski definition) is 8. The van der Waals surface area contributed by atoms with Crippen LogP contribution < -0.4 is 4.74 Å². The highest BCUT2D eigenvalue weighted by molar-refractivity contribution is 6.16. The standard InChI is InChI=1S/C26H27N3O6/c1-33-19-8-4-6-17-16-20(35-25(17)19)23(30)21-22(18-7-2-3-9-27-18)29(26(32)24(21)31)11-5-10-28-12-14-34-15-13-28/h2-4,6-9,16,22,31H,5,10-15H2,1H3. The lowest BCUT2D eigenvalue weighted by Crippen LogP contribution is -2.39. The Kier molecular flexibility index (Phi) is 6.52. The van der Waals surface area contributed by atoms with E-state index in [2.05, 4.69) is 9.88 Å². The van der Waals surface area contributed by atoms with Crippen molar-refractivity contribution in [3.8, 4) is 5.75 Å². The van der Waals surface area contributed by atoms with E-state index in [9.17, 15) is 14.7 Å². The SMILES string of the molecule is COc1cccc2cc(C(=O)C3=C(O)C(=O)N(CCCN4CCOCC4)C3c3ccccn3)oc12. The van der Waals surface area contributed by atoms with E-state index in [1.807, 2.05) is 0 Å². The number of morpholine rings is 1. The molecule has 1 unspecified atom stereocenters. The Morgan fingerprint density at radius 1 is 1.17 bits per heavy atom. The molecule has 35 heavy (non-hydrogen) atoms. The van der Waals surface area contributed by atoms with Crippen molar-refractivity contribution in [3.05, 3.63) is 71.4 Å². The fourth-order valence-electron chi connectivity index (χ4n) is 4.69. The van der Waals surface area contributed by atoms with Crippen molar-refractivity contribution in [1.82, 2.24) is 14.8 Å². The maximum atomic E-state index is 13.6. The van der Waals surface area contributed by atoms with Crippen molar-refractivity contribution in [3.63, 3.8) is 0 Å². The van der Waals surface area contributed by atoms with Crippen LogP contribution in [0.4, 0.5) is 0 Å². The summed E-state index contributed by atoms with van der Waals surface area (Å²) in [5.74, 6) is -1.19. The molecule has 1 fully saturated rings. The zero-order valence-electron chi connectivity index (χ0n) is 19.5. The number of amides is 1. The van der Waals surface area contributed by atoms with Crippen molar-refractivity contribution in [2.75, 3.05) is 46.5 Å². The monoisotopic (exact) mass is 477 g/mol. The molecule has 1 aromatic carbocycles. The highest BCUT2D eigenvalue weighted by atomic mass is 16.5. The van der Waals surface area contributed by atoms with E-state index < -0.39 is 23.5 Å². The van der Waals surface area contributed by atoms with Crippen molar-refractivity contribution < 1.29 is 28.6 Å². The minimum absolute atomic E-state index is 0.0231. The second-order valence-electron chi connectivity index (χ2n) is 8.54. The number of carbonyl (C=O) groups excluding carboxylic acids is 2. The average molecular weight is 478 g/mol. The lowest BCUT2D eigenvalue weighted by molar-refractivity contribution is -0.129. The lowest BCUT2D eigenvalue weighted by atomic mass is 9.98. The van der Waals surface area contributed by atoms with Crippen molar-refractivity contribution in [1.29, 1.82) is 0 Å². The van der Waals surface area contributed by atoms with Gasteiger partial charge < -0.3 is 23.9 Å². The average Bonchev–Trinajstić information content (AvgIpc) is 3.44. The molecule has 1 saturated heterocycles. The molecule has 3 aromatic rings. The summed E-state index contributed by atoms with van der Waals surface area (Å²) >= 11 is 0. The molecule has 9 nitrogen and oxygen atoms in total. The Balaban J connectivity index is 1.45. The van der Waals surface area contributed by atoms with Gasteiger partial charge in [0, 0.05) is 37.8 Å². The zero-order chi connectivity index (χ0) is 24.4. The first-order valence-corrected chi connectivity index (χ1v) is 11.6. The van der Waals surface area contributed by atoms with Crippen LogP contribution in [0.15, 0.2) is 64.4 Å². The van der Waals surface area contributed by atoms with Crippen LogP contribution in [0.5, 0.6) is 5.75 Å². The van der Waals surface area contributed by atoms with E-state index >= 15 is 0 Å². The Bertz CT molecular complexity index is 1260. The van der Waals surface area contributed by atoms with Crippen LogP contribution in [-0.4, -0.2) is 78.1 Å². The number of furan rings is 1. The van der Waals surface area contributed by atoms with Crippen molar-refractivity contribution in [2.24, 2.45) is 0 Å². The van der Waals surface area contributed by atoms with E-state index in [0.717, 1.165) is 19.6 Å². The van der Waals surface area contributed by atoms with Gasteiger partial charge in [-0.3, -0.25) is 19.5 Å². The molecule has 0 radical (unpaired) electrons. The third-order valence-corrected chi connectivity index (χ3v) is 6.44. The van der Waals surface area contributed by atoms with E-state index in [0.29, 0.717) is 48.6 Å². The molecule has 1 amide bonds. The van der Waals surface area contributed by atoms with Crippen LogP contribution in [-0.2, 0) is 9.53 Å². The Hall–Kier alpha value is -3.69. The molecule has 9 heteroatoms. The van der Waals surface area contributed by atoms with Gasteiger partial charge in [-0.05, 0) is 30.7 Å². The number of ether oxygens (including phenoxy) is 2. The van der Waals surface area contributed by atoms with Gasteiger partial charge in [-0.2, -0.15) is 0 Å². The minimum atomic E-state index is -0.809. The molecule has 2 aromatic heterocycles. The van der Waals surface area contributed by atoms with E-state index in [4.69, 9.17) is 13.9 Å². The van der Waals surface area contributed by atoms with Gasteiger partial charge in [-0.1, -0.05) is 18.2 Å². The maximum Gasteiger partial charge on any atom is 0.290 e. The highest BCUT2D eigenvalue weighted by Crippen LogP contribution is 2.39. The summed E-state index contributed by atoms with van der Waals surface area (Å²) in [6.45, 7) is 4.24. The molecular formula is C26H27N3O6. The number of Topliss-reactive ketones (excluding diaryl/α,β-unsaturated/α-hetero) is 1. The molecular weight excluding hydrogens is 450 g/mol. The van der Waals surface area contributed by atoms with Gasteiger partial charge in [-0.25, -0.2) is 0 Å². The van der Waals surface area contributed by atoms with Crippen LogP contribution in [0.25, 0.3) is 11.0 Å². The topological polar surface area (TPSA) is 105 Å². The van der Waals surface area contributed by atoms with Gasteiger partial charge in [0.2, 0.25) is 5.78 Å². The predicted molar refractivity (Wildman–Crippen MR) is 127 cm³/mol. The highest BCUT2D eigenvalue weighted by Gasteiger charge is 2.45. The second kappa shape index (κ2) is 9.89. The minimum Gasteiger partial charge on any atom is -0.503 e. The van der Waals surface area contributed by atoms with Crippen LogP contribution in [0.2, 0.25) is 0 Å². The normalized spacial score (nSPS) is 19.1. The molecule has 1 N–H and O–H groups in total. The number of aromatic nitrogens is 1. The molecule has 4 heterocycles. The number of aliphatic hydroxyl groups excluding tert-OH is 1. The number of ketones is 1. The number of benzene rings is 1. The fraction of sp³-hybridized carbons (Fsp3) is 0.346. The Morgan fingerprint density at radius 3 is 2.74 bits per heavy atom. The molecule has 5 rings (SSSR count). The first-order valence-electron chi connectivity index (χ1n) is 11.6. The Morgan fingerprint density at radius 2 is 2.00 bits per heavy atom. The maximum absolute atomic E-state index is 13.6. The van der Waals surface area contributed by atoms with E-state index in [1.54, 1.807) is 48.7 Å². The summed E-state index contributed by atoms with van der Waals surface area (Å²) in [7, 11) is 1.52. The summed E-state index contributed by atoms with van der Waals surface area (Å²) in [4.78, 5) is 35.0. The third kappa shape index (κ3) is 4.40. The number of para-hydroxylation sites is 1. The molecule has 1 atom stereocenters. The number of pyridine rings is 1. The zero-order valence-corrected chi connectivity index (χ0v) is 19.5. The predicted octanol–water partition coefficient (Wildman–Crippen LogP) is 3.14. The first-order chi connectivity index (χ1) is 17.1. The molecule has 0 saturated carbocycles. The quantitative estimate of drug-likeness (QED) is 0.494. The van der Waals surface area contributed by atoms with E-state index in [1.165, 1.54) is 12.0 Å². The van der Waals surface area contributed by atoms with Crippen LogP contribution >= 0.6 is 0 Å². The van der Waals surface area contributed by atoms with Gasteiger partial charge in [0.15, 0.2) is 22.9 Å². The second-order valence-corrected chi connectivity index (χ2v) is 8.54. The van der Waals surface area contributed by atoms with Crippen LogP contribution in [0.1, 0.15) is 28.7 Å². The van der Waals surface area contributed by atoms with Crippen molar-refractivity contribution in [2.45, 2.75) is 12.5 Å². The summed E-state index contributed by atoms with van der Waals surface area (Å²) in [6, 6.07) is 11.4. The lowest BCUT2D eigenvalue weighted by Gasteiger charge is -2.29. The van der Waals surface area contributed by atoms with E-state index in [-0.39, 0.29) is 11.3 Å². The largest absolute Gasteiger partial charge is 0.503 e. The number of aliphatic hydroxyl groups is 1. The Labute approximate surface area is 202 Å². The first kappa shape index (κ1) is 23.1. The van der Waals surface area contributed by atoms with Gasteiger partial charge >= 0.3 is 0 Å². The van der Waals surface area contributed by atoms with Gasteiger partial charge in [-0.15, -0.1) is 0 Å². The number of hydrogen-bond donors (Lipinski definition) is 1. The van der Waals surface area contributed by atoms with Gasteiger partial charge in [0.1, 0.15) is 6.04 Å². The summed E-state index contributed by atoms with van der Waals surface area (Å²) < 4.78 is 16.6. The number of carbonyl (C=O) groups is 2. The van der Waals surface area contributed by atoms with Gasteiger partial charge in [0.05, 0.1) is 31.6 Å². The van der Waals surface area contributed by atoms with Gasteiger partial charge in [0.25, 0.3) is 5.91 Å². The van der Waals surface area contributed by atoms with Crippen LogP contribution in [0, 0.1) is 0 Å². The molecule has 182 valence electrons. The summed E-state index contributed by atoms with van der Waals surface area (Å²) in [6.07, 6.45) is 2.29. The number of methoxy groups -OCH3 is 1. The number of nitrogens with zero attached hydrogens (tertiary/aromatic N) is 3. The molecule has 0 spiro atoms. The van der Waals surface area contributed by atoms with Crippen LogP contribution in [0.3, 0.4) is 0 Å². The third-order valence-electron chi connectivity index (χ3n) is 6.44. The molecule has 2 aliphatic rings. The summed E-state index contributed by atoms with van der Waals surface area (Å²) in [5, 5.41) is 11.6. The number of rotatable bonds is 8. The molecule has 0 bridgehead atoms. The molecule has 0 aliphatic carbocycles. The van der Waals surface area contributed by atoms with Crippen molar-refractivity contribution >= 4 is 22.7 Å². The fourth-order valence-corrected chi connectivity index (χ4v) is 4.69. The summed E-state index contributed by atoms with van der Waals surface area (Å²) in [5.41, 5.74) is 0.908.